The van der Waals surface area contributed by atoms with Gasteiger partial charge in [-0.3, -0.25) is 44.4 Å². The topological polar surface area (TPSA) is 332 Å². The zero-order valence-corrected chi connectivity index (χ0v) is 46.3. The third-order valence-electron chi connectivity index (χ3n) is 10.2. The number of guanidine groups is 2. The molecule has 0 aliphatic rings. The molecule has 0 saturated heterocycles. The summed E-state index contributed by atoms with van der Waals surface area (Å²) in [6, 6.07) is 9.14. The zero-order valence-electron chi connectivity index (χ0n) is 44.7. The molecule has 0 aromatic heterocycles. The number of para-hydroxylation sites is 1. The predicted molar refractivity (Wildman–Crippen MR) is 289 cm³/mol. The molecule has 0 heterocycles. The number of hydrogen-bond acceptors (Lipinski definition) is 15. The molecule has 6 amide bonds. The maximum Gasteiger partial charge on any atom is 0.334 e. The number of nitrogens with one attached hydrogen (secondary N) is 12. The molecular weight excluding hydrogens is 1010 g/mol. The van der Waals surface area contributed by atoms with Crippen molar-refractivity contribution in [1.29, 1.82) is 10.8 Å². The fourth-order valence-electron chi connectivity index (χ4n) is 6.58. The van der Waals surface area contributed by atoms with Crippen molar-refractivity contribution < 1.29 is 52.6 Å². The summed E-state index contributed by atoms with van der Waals surface area (Å²) in [4.78, 5) is 110. The lowest BCUT2D eigenvalue weighted by atomic mass is 10.1. The minimum atomic E-state index is -1.64. The van der Waals surface area contributed by atoms with Crippen LogP contribution in [0.1, 0.15) is 93.1 Å². The Hall–Kier alpha value is -6.60. The van der Waals surface area contributed by atoms with Gasteiger partial charge in [0, 0.05) is 46.3 Å². The molecule has 0 aliphatic heterocycles. The van der Waals surface area contributed by atoms with Crippen molar-refractivity contribution in [3.63, 3.8) is 0 Å². The Kier molecular flexibility index (Phi) is 28.7. The highest BCUT2D eigenvalue weighted by atomic mass is 33.1. The number of ether oxygens (including phenoxy) is 3. The molecule has 0 saturated carbocycles. The monoisotopic (exact) mass is 1090 g/mol. The standard InChI is InChI=1S/C50H78N12O11S2/c1-11-74-75-39-24-16-15-23-38(39)72-46(70)36(27-32-19-13-12-14-20-32)59-40(64)29-57-42(66)37(30-71-49(3,4)5)62-44(68)34(22-18-26-56-48(52)54-10)60-45(69)35(28-41(65)73-50(6,7)8)61-43(67)33(58-31(2)63)21-17-25-55-47(51)53-9/h12-16,19-20,23-24,33-37H,11,17-18,21-22,25-30H2,1-10H3,(H,57,66)(H,58,63)(H,59,64)(H,60,69)(H,61,67)(H,62,68)(H3,51,53,55)(H3,52,54,56)/t33-,34-,35?,36?,37-/m0/s1. The molecule has 2 aromatic carbocycles. The van der Waals surface area contributed by atoms with Crippen LogP contribution >= 0.6 is 21.6 Å². The van der Waals surface area contributed by atoms with Crippen molar-refractivity contribution in [3.8, 4) is 5.75 Å². The number of amides is 6. The first-order valence-electron chi connectivity index (χ1n) is 24.6. The van der Waals surface area contributed by atoms with E-state index >= 15 is 0 Å². The summed E-state index contributed by atoms with van der Waals surface area (Å²) in [5.74, 6) is -5.27. The van der Waals surface area contributed by atoms with Gasteiger partial charge >= 0.3 is 11.9 Å². The second-order valence-corrected chi connectivity index (χ2v) is 21.6. The Balaban J connectivity index is 2.43. The van der Waals surface area contributed by atoms with Gasteiger partial charge in [-0.15, -0.1) is 0 Å². The summed E-state index contributed by atoms with van der Waals surface area (Å²) in [6.07, 6.45) is -0.144. The Labute approximate surface area is 448 Å². The molecule has 0 fully saturated rings. The number of rotatable bonds is 30. The lowest BCUT2D eigenvalue weighted by molar-refractivity contribution is -0.156. The summed E-state index contributed by atoms with van der Waals surface area (Å²) in [5, 5.41) is 42.0. The molecule has 0 spiro atoms. The molecule has 416 valence electrons. The van der Waals surface area contributed by atoms with Gasteiger partial charge in [-0.1, -0.05) is 71.0 Å². The van der Waals surface area contributed by atoms with Crippen LogP contribution in [0.15, 0.2) is 59.5 Å². The Morgan fingerprint density at radius 2 is 1.16 bits per heavy atom. The highest BCUT2D eigenvalue weighted by Crippen LogP contribution is 2.37. The normalized spacial score (nSPS) is 13.1. The largest absolute Gasteiger partial charge is 0.460 e. The van der Waals surface area contributed by atoms with Gasteiger partial charge in [-0.05, 0) is 84.9 Å². The smallest absolute Gasteiger partial charge is 0.334 e. The van der Waals surface area contributed by atoms with E-state index in [1.54, 1.807) is 95.8 Å². The minimum absolute atomic E-state index is 0.0145. The number of carbonyl (C=O) groups is 8. The van der Waals surface area contributed by atoms with Gasteiger partial charge in [-0.2, -0.15) is 0 Å². The van der Waals surface area contributed by atoms with Crippen molar-refractivity contribution in [3.05, 3.63) is 60.2 Å². The van der Waals surface area contributed by atoms with Crippen LogP contribution in [0.4, 0.5) is 0 Å². The van der Waals surface area contributed by atoms with E-state index in [-0.39, 0.29) is 50.7 Å². The van der Waals surface area contributed by atoms with Crippen LogP contribution in [0.2, 0.25) is 0 Å². The maximum absolute atomic E-state index is 14.3. The summed E-state index contributed by atoms with van der Waals surface area (Å²) >= 11 is 0. The van der Waals surface area contributed by atoms with Crippen LogP contribution in [0.3, 0.4) is 0 Å². The molecule has 0 radical (unpaired) electrons. The van der Waals surface area contributed by atoms with Crippen LogP contribution in [0.5, 0.6) is 5.75 Å². The number of carbonyl (C=O) groups excluding carboxylic acids is 8. The van der Waals surface area contributed by atoms with Gasteiger partial charge < -0.3 is 67.4 Å². The van der Waals surface area contributed by atoms with Crippen molar-refractivity contribution in [1.82, 2.24) is 53.2 Å². The molecular formula is C50H78N12O11S2. The van der Waals surface area contributed by atoms with E-state index in [2.05, 4.69) is 53.2 Å². The molecule has 2 unspecified atom stereocenters. The van der Waals surface area contributed by atoms with Crippen LogP contribution in [0, 0.1) is 10.8 Å². The highest BCUT2D eigenvalue weighted by Gasteiger charge is 2.34. The first kappa shape index (κ1) is 64.5. The Morgan fingerprint density at radius 1 is 0.627 bits per heavy atom. The van der Waals surface area contributed by atoms with Crippen LogP contribution in [-0.4, -0.2) is 147 Å². The summed E-state index contributed by atoms with van der Waals surface area (Å²) in [5.41, 5.74) is -1.07. The number of hydrogen-bond donors (Lipinski definition) is 12. The highest BCUT2D eigenvalue weighted by molar-refractivity contribution is 8.76. The quantitative estimate of drug-likeness (QED) is 0.0132. The lowest BCUT2D eigenvalue weighted by Crippen LogP contribution is -2.59. The maximum atomic E-state index is 14.3. The average molecular weight is 1090 g/mol. The summed E-state index contributed by atoms with van der Waals surface area (Å²) < 4.78 is 17.2. The molecule has 2 aromatic rings. The van der Waals surface area contributed by atoms with Crippen molar-refractivity contribution in [2.45, 2.75) is 140 Å². The minimum Gasteiger partial charge on any atom is -0.460 e. The van der Waals surface area contributed by atoms with E-state index in [9.17, 15) is 38.4 Å². The predicted octanol–water partition coefficient (Wildman–Crippen LogP) is 1.75. The molecule has 75 heavy (non-hydrogen) atoms. The van der Waals surface area contributed by atoms with Crippen molar-refractivity contribution in [2.24, 2.45) is 0 Å². The van der Waals surface area contributed by atoms with Gasteiger partial charge in [0.1, 0.15) is 41.6 Å². The van der Waals surface area contributed by atoms with Crippen molar-refractivity contribution >= 4 is 80.9 Å². The van der Waals surface area contributed by atoms with Crippen LogP contribution in [-0.2, 0) is 54.3 Å². The lowest BCUT2D eigenvalue weighted by Gasteiger charge is -2.28. The van der Waals surface area contributed by atoms with E-state index < -0.39 is 108 Å². The first-order chi connectivity index (χ1) is 35.3. The van der Waals surface area contributed by atoms with Crippen molar-refractivity contribution in [2.75, 3.05) is 46.1 Å². The summed E-state index contributed by atoms with van der Waals surface area (Å²) in [6.45, 7) is 12.6. The molecule has 23 nitrogen and oxygen atoms in total. The first-order valence-corrected chi connectivity index (χ1v) is 26.9. The third kappa shape index (κ3) is 27.5. The second-order valence-electron chi connectivity index (χ2n) is 18.9. The zero-order chi connectivity index (χ0) is 56.1. The van der Waals surface area contributed by atoms with E-state index in [1.165, 1.54) is 24.8 Å². The fourth-order valence-corrected chi connectivity index (χ4v) is 8.29. The fraction of sp³-hybridized carbons (Fsp3) is 0.560. The molecule has 0 aliphatic carbocycles. The van der Waals surface area contributed by atoms with Gasteiger partial charge in [-0.25, -0.2) is 4.79 Å². The molecule has 5 atom stereocenters. The van der Waals surface area contributed by atoms with E-state index in [0.29, 0.717) is 12.2 Å². The molecule has 0 bridgehead atoms. The van der Waals surface area contributed by atoms with Gasteiger partial charge in [0.2, 0.25) is 35.4 Å². The number of benzene rings is 2. The second kappa shape index (κ2) is 33.3. The van der Waals surface area contributed by atoms with E-state index in [1.807, 2.05) is 25.1 Å². The Bertz CT molecular complexity index is 2230. The summed E-state index contributed by atoms with van der Waals surface area (Å²) in [7, 11) is 6.11. The molecule has 12 N–H and O–H groups in total. The van der Waals surface area contributed by atoms with Crippen LogP contribution in [0.25, 0.3) is 0 Å². The van der Waals surface area contributed by atoms with Gasteiger partial charge in [0.05, 0.1) is 30.1 Å². The van der Waals surface area contributed by atoms with E-state index in [4.69, 9.17) is 25.0 Å². The SMILES string of the molecule is CCSSc1ccccc1OC(=O)C(Cc1ccccc1)NC(=O)CNC(=O)[C@H](COC(C)(C)C)NC(=O)[C@H](CCCNC(=N)NC)NC(=O)C(CC(=O)OC(C)(C)C)NC(=O)[C@H](CCCNC(=N)NC)NC(C)=O. The van der Waals surface area contributed by atoms with Gasteiger partial charge in [0.25, 0.3) is 0 Å². The number of esters is 2. The Morgan fingerprint density at radius 3 is 1.71 bits per heavy atom. The molecule has 25 heteroatoms. The third-order valence-corrected chi connectivity index (χ3v) is 12.6. The van der Waals surface area contributed by atoms with Gasteiger partial charge in [0.15, 0.2) is 11.9 Å². The average Bonchev–Trinajstić information content (AvgIpc) is 3.34. The van der Waals surface area contributed by atoms with Crippen LogP contribution < -0.4 is 57.9 Å². The van der Waals surface area contributed by atoms with E-state index in [0.717, 1.165) is 16.2 Å². The molecule has 2 rings (SSSR count).